The second kappa shape index (κ2) is 12.8. The van der Waals surface area contributed by atoms with Crippen LogP contribution in [0, 0.1) is 11.8 Å². The molecule has 0 fully saturated rings. The first-order valence-corrected chi connectivity index (χ1v) is 12.0. The summed E-state index contributed by atoms with van der Waals surface area (Å²) in [7, 11) is 0. The number of halogens is 2. The van der Waals surface area contributed by atoms with E-state index in [9.17, 15) is 14.4 Å². The lowest BCUT2D eigenvalue weighted by atomic mass is 9.95. The zero-order valence-corrected chi connectivity index (χ0v) is 21.2. The lowest BCUT2D eigenvalue weighted by Gasteiger charge is -2.27. The summed E-state index contributed by atoms with van der Waals surface area (Å²) in [5.41, 5.74) is 6.91. The zero-order valence-electron chi connectivity index (χ0n) is 19.7. The molecule has 0 bridgehead atoms. The Labute approximate surface area is 209 Å². The lowest BCUT2D eigenvalue weighted by molar-refractivity contribution is -0.130. The van der Waals surface area contributed by atoms with E-state index < -0.39 is 22.8 Å². The van der Waals surface area contributed by atoms with Crippen molar-refractivity contribution >= 4 is 46.5 Å². The molecule has 2 rings (SSSR count). The number of pyridine rings is 1. The first-order valence-electron chi connectivity index (χ1n) is 11.1. The highest BCUT2D eigenvalue weighted by Crippen LogP contribution is 2.24. The van der Waals surface area contributed by atoms with Gasteiger partial charge in [-0.05, 0) is 24.0 Å². The van der Waals surface area contributed by atoms with E-state index in [1.54, 1.807) is 18.2 Å². The maximum atomic E-state index is 13.1. The Morgan fingerprint density at radius 3 is 2.44 bits per heavy atom. The maximum Gasteiger partial charge on any atom is 0.260 e. The summed E-state index contributed by atoms with van der Waals surface area (Å²) in [5.74, 6) is -0.971. The molecule has 0 radical (unpaired) electrons. The number of hydrogen-bond acceptors (Lipinski definition) is 7. The minimum atomic E-state index is -1.33. The molecule has 186 valence electrons. The topological polar surface area (TPSA) is 131 Å². The molecule has 34 heavy (non-hydrogen) atoms. The molecule has 0 aliphatic heterocycles. The molecular weight excluding hydrogens is 481 g/mol. The molecule has 11 heteroatoms. The fourth-order valence-electron chi connectivity index (χ4n) is 3.31. The van der Waals surface area contributed by atoms with Crippen LogP contribution >= 0.6 is 23.2 Å². The van der Waals surface area contributed by atoms with Crippen molar-refractivity contribution in [2.75, 3.05) is 11.4 Å². The molecule has 2 amide bonds. The second-order valence-corrected chi connectivity index (χ2v) is 9.52. The third-order valence-electron chi connectivity index (χ3n) is 5.65. The third kappa shape index (κ3) is 7.25. The van der Waals surface area contributed by atoms with E-state index in [1.165, 1.54) is 17.3 Å². The highest BCUT2D eigenvalue weighted by molar-refractivity contribution is 6.54. The smallest absolute Gasteiger partial charge is 0.260 e. The molecule has 0 spiro atoms. The number of alkyl halides is 2. The van der Waals surface area contributed by atoms with Crippen molar-refractivity contribution in [1.29, 1.82) is 0 Å². The first-order chi connectivity index (χ1) is 16.1. The molecular formula is C23H31Cl2N5O4. The molecule has 0 aromatic carbocycles. The number of carbonyl (C=O) groups excluding carboxylic acids is 3. The van der Waals surface area contributed by atoms with Crippen LogP contribution in [0.3, 0.4) is 0 Å². The first kappa shape index (κ1) is 27.8. The normalized spacial score (nSPS) is 14.0. The average Bonchev–Trinajstić information content (AvgIpc) is 3.36. The van der Waals surface area contributed by atoms with Crippen LogP contribution in [-0.4, -0.2) is 51.2 Å². The number of hydrogen-bond donors (Lipinski definition) is 2. The largest absolute Gasteiger partial charge is 0.355 e. The monoisotopic (exact) mass is 511 g/mol. The van der Waals surface area contributed by atoms with Gasteiger partial charge in [0.2, 0.25) is 5.91 Å². The zero-order chi connectivity index (χ0) is 25.4. The summed E-state index contributed by atoms with van der Waals surface area (Å²) in [6, 6.07) is 3.39. The summed E-state index contributed by atoms with van der Waals surface area (Å²) in [5, 5.41) is 6.43. The number of carbonyl (C=O) groups is 3. The van der Waals surface area contributed by atoms with E-state index >= 15 is 0 Å². The third-order valence-corrected chi connectivity index (χ3v) is 6.02. The maximum absolute atomic E-state index is 13.1. The number of amides is 2. The summed E-state index contributed by atoms with van der Waals surface area (Å²) < 4.78 is 5.13. The molecule has 0 aliphatic carbocycles. The highest BCUT2D eigenvalue weighted by Gasteiger charge is 2.30. The van der Waals surface area contributed by atoms with Gasteiger partial charge in [0, 0.05) is 30.9 Å². The predicted molar refractivity (Wildman–Crippen MR) is 131 cm³/mol. The van der Waals surface area contributed by atoms with Crippen molar-refractivity contribution in [2.24, 2.45) is 17.6 Å². The van der Waals surface area contributed by atoms with Gasteiger partial charge in [0.25, 0.3) is 5.91 Å². The number of nitrogens with two attached hydrogens (primary N) is 1. The second-order valence-electron chi connectivity index (χ2n) is 8.42. The number of Topliss-reactive ketones (excluding diaryl/α,β-unsaturated/α-hetero) is 1. The van der Waals surface area contributed by atoms with Gasteiger partial charge in [-0.25, -0.2) is 0 Å². The van der Waals surface area contributed by atoms with Crippen LogP contribution in [0.4, 0.5) is 5.69 Å². The number of nitrogens with zero attached hydrogens (tertiary/aromatic N) is 3. The van der Waals surface area contributed by atoms with Crippen LogP contribution in [0.5, 0.6) is 0 Å². The fraction of sp³-hybridized carbons (Fsp3) is 0.522. The van der Waals surface area contributed by atoms with Crippen molar-refractivity contribution in [2.45, 2.75) is 57.5 Å². The summed E-state index contributed by atoms with van der Waals surface area (Å²) in [6.07, 6.45) is 3.69. The molecule has 3 N–H and O–H groups in total. The highest BCUT2D eigenvalue weighted by atomic mass is 35.5. The van der Waals surface area contributed by atoms with Crippen molar-refractivity contribution in [3.63, 3.8) is 0 Å². The van der Waals surface area contributed by atoms with E-state index in [2.05, 4.69) is 15.5 Å². The van der Waals surface area contributed by atoms with Crippen LogP contribution in [0.2, 0.25) is 0 Å². The molecule has 2 heterocycles. The van der Waals surface area contributed by atoms with Crippen molar-refractivity contribution < 1.29 is 18.9 Å². The summed E-state index contributed by atoms with van der Waals surface area (Å²) in [6.45, 7) is 7.50. The van der Waals surface area contributed by atoms with E-state index in [-0.39, 0.29) is 36.5 Å². The van der Waals surface area contributed by atoms with Crippen molar-refractivity contribution in [3.8, 4) is 11.5 Å². The lowest BCUT2D eigenvalue weighted by Crippen LogP contribution is -2.52. The van der Waals surface area contributed by atoms with E-state index in [0.29, 0.717) is 17.1 Å². The van der Waals surface area contributed by atoms with Gasteiger partial charge in [-0.15, -0.1) is 0 Å². The van der Waals surface area contributed by atoms with Crippen molar-refractivity contribution in [1.82, 2.24) is 15.5 Å². The number of rotatable bonds is 12. The van der Waals surface area contributed by atoms with E-state index in [0.717, 1.165) is 6.42 Å². The van der Waals surface area contributed by atoms with Gasteiger partial charge in [-0.2, -0.15) is 0 Å². The van der Waals surface area contributed by atoms with Crippen LogP contribution in [0.25, 0.3) is 11.5 Å². The number of aromatic nitrogens is 2. The fourth-order valence-corrected chi connectivity index (χ4v) is 3.55. The van der Waals surface area contributed by atoms with Gasteiger partial charge in [-0.3, -0.25) is 19.4 Å². The molecule has 3 atom stereocenters. The van der Waals surface area contributed by atoms with Gasteiger partial charge in [0.15, 0.2) is 16.4 Å². The number of nitrogens with one attached hydrogen (secondary N) is 1. The summed E-state index contributed by atoms with van der Waals surface area (Å²) >= 11 is 11.7. The predicted octanol–water partition coefficient (Wildman–Crippen LogP) is 3.35. The van der Waals surface area contributed by atoms with Gasteiger partial charge < -0.3 is 20.5 Å². The van der Waals surface area contributed by atoms with Gasteiger partial charge in [-0.1, -0.05) is 62.5 Å². The van der Waals surface area contributed by atoms with Crippen LogP contribution in [-0.2, 0) is 14.4 Å². The molecule has 0 aliphatic rings. The van der Waals surface area contributed by atoms with Crippen molar-refractivity contribution in [3.05, 3.63) is 30.6 Å². The molecule has 9 nitrogen and oxygen atoms in total. The quantitative estimate of drug-likeness (QED) is 0.417. The Morgan fingerprint density at radius 2 is 1.88 bits per heavy atom. The summed E-state index contributed by atoms with van der Waals surface area (Å²) in [4.78, 5) is 42.6. The van der Waals surface area contributed by atoms with E-state index in [4.69, 9.17) is 33.5 Å². The minimum Gasteiger partial charge on any atom is -0.355 e. The molecule has 2 unspecified atom stereocenters. The van der Waals surface area contributed by atoms with Gasteiger partial charge in [0.05, 0.1) is 18.3 Å². The van der Waals surface area contributed by atoms with Gasteiger partial charge in [0.1, 0.15) is 5.69 Å². The van der Waals surface area contributed by atoms with Crippen LogP contribution in [0.1, 0.15) is 40.5 Å². The SMILES string of the molecule is CCC(C)[C@H](N)C(=O)NC(C(=O)CCN(C(=O)C(Cl)Cl)c1ccnc(-c2ccno2)c1)C(C)C. The standard InChI is InChI=1S/C23H31Cl2N5O4/c1-5-14(4)19(26)22(32)29-20(13(2)3)17(31)8-11-30(23(33)21(24)25)15-6-9-27-16(12-15)18-7-10-28-34-18/h6-7,9-10,12-14,19-21H,5,8,11,26H2,1-4H3,(H,29,32)/t14?,19-,20?/m0/s1. The van der Waals surface area contributed by atoms with Crippen LogP contribution in [0.15, 0.2) is 35.1 Å². The van der Waals surface area contributed by atoms with Gasteiger partial charge >= 0.3 is 0 Å². The Bertz CT molecular complexity index is 968. The molecule has 2 aromatic heterocycles. The Hall–Kier alpha value is -2.49. The number of ketones is 1. The molecule has 2 aromatic rings. The van der Waals surface area contributed by atoms with Crippen LogP contribution < -0.4 is 16.0 Å². The average molecular weight is 512 g/mol. The van der Waals surface area contributed by atoms with E-state index in [1.807, 2.05) is 27.7 Å². The Balaban J connectivity index is 2.19. The number of anilines is 1. The molecule has 0 saturated heterocycles. The Morgan fingerprint density at radius 1 is 1.18 bits per heavy atom. The minimum absolute atomic E-state index is 0.00394. The Kier molecular flexibility index (Phi) is 10.5. The molecule has 0 saturated carbocycles.